The number of nitrogens with two attached hydrogens (primary N) is 1. The van der Waals surface area contributed by atoms with Crippen LogP contribution in [0.5, 0.6) is 0 Å². The largest absolute Gasteiger partial charge is 0.444 e. The van der Waals surface area contributed by atoms with Crippen LogP contribution in [-0.4, -0.2) is 48.4 Å². The van der Waals surface area contributed by atoms with Crippen LogP contribution in [0, 0.1) is 0 Å². The molecule has 0 aliphatic rings. The van der Waals surface area contributed by atoms with Gasteiger partial charge in [-0.3, -0.25) is 0 Å². The lowest BCUT2D eigenvalue weighted by Crippen LogP contribution is -2.37. The molecule has 162 valence electrons. The highest BCUT2D eigenvalue weighted by atomic mass is 16.6. The van der Waals surface area contributed by atoms with E-state index in [9.17, 15) is 9.90 Å². The van der Waals surface area contributed by atoms with Gasteiger partial charge in [0.2, 0.25) is 0 Å². The van der Waals surface area contributed by atoms with Crippen LogP contribution < -0.4 is 5.73 Å². The molecule has 0 saturated heterocycles. The van der Waals surface area contributed by atoms with Crippen molar-refractivity contribution < 1.29 is 14.6 Å². The summed E-state index contributed by atoms with van der Waals surface area (Å²) in [4.78, 5) is 23.4. The van der Waals surface area contributed by atoms with Crippen LogP contribution in [-0.2, 0) is 17.8 Å². The predicted molar refractivity (Wildman–Crippen MR) is 118 cm³/mol. The number of nitrogen functional groups attached to an aromatic ring is 1. The first-order chi connectivity index (χ1) is 13.9. The van der Waals surface area contributed by atoms with E-state index in [1.165, 1.54) is 0 Å². The lowest BCUT2D eigenvalue weighted by molar-refractivity contribution is 0.0234. The molecule has 30 heavy (non-hydrogen) atoms. The van der Waals surface area contributed by atoms with Gasteiger partial charge in [-0.05, 0) is 47.6 Å². The third-order valence-corrected chi connectivity index (χ3v) is 4.60. The van der Waals surface area contributed by atoms with Crippen LogP contribution in [0.3, 0.4) is 0 Å². The first kappa shape index (κ1) is 21.8. The molecule has 2 heterocycles. The quantitative estimate of drug-likeness (QED) is 0.661. The molecule has 0 saturated carbocycles. The minimum absolute atomic E-state index is 0.226. The van der Waals surface area contributed by atoms with Gasteiger partial charge >= 0.3 is 6.09 Å². The molecule has 1 aromatic carbocycles. The van der Waals surface area contributed by atoms with Crippen molar-refractivity contribution in [2.45, 2.75) is 65.8 Å². The van der Waals surface area contributed by atoms with Gasteiger partial charge in [-0.25, -0.2) is 14.8 Å². The van der Waals surface area contributed by atoms with E-state index in [1.807, 2.05) is 56.5 Å². The number of anilines is 1. The van der Waals surface area contributed by atoms with Crippen LogP contribution >= 0.6 is 0 Å². The molecule has 0 aliphatic carbocycles. The number of hydrogen-bond acceptors (Lipinski definition) is 6. The maximum Gasteiger partial charge on any atom is 0.410 e. The Balaban J connectivity index is 2.16. The summed E-state index contributed by atoms with van der Waals surface area (Å²) < 4.78 is 7.47. The number of carbonyl (C=O) groups is 1. The molecule has 3 aromatic rings. The van der Waals surface area contributed by atoms with E-state index in [0.29, 0.717) is 23.7 Å². The number of carbonyl (C=O) groups excluding carboxylic acids is 1. The summed E-state index contributed by atoms with van der Waals surface area (Å²) in [6.07, 6.45) is -0.414. The Kier molecular flexibility index (Phi) is 5.64. The van der Waals surface area contributed by atoms with Gasteiger partial charge in [-0.15, -0.1) is 0 Å². The van der Waals surface area contributed by atoms with E-state index in [0.717, 1.165) is 16.4 Å². The topological polar surface area (TPSA) is 107 Å². The summed E-state index contributed by atoms with van der Waals surface area (Å²) in [7, 11) is 0. The van der Waals surface area contributed by atoms with E-state index in [2.05, 4.69) is 4.98 Å². The van der Waals surface area contributed by atoms with Gasteiger partial charge in [0.15, 0.2) is 5.82 Å². The highest BCUT2D eigenvalue weighted by Gasteiger charge is 2.26. The first-order valence-electron chi connectivity index (χ1n) is 10.1. The Morgan fingerprint density at radius 3 is 2.47 bits per heavy atom. The normalized spacial score (nSPS) is 12.5. The summed E-state index contributed by atoms with van der Waals surface area (Å²) in [6, 6.07) is 7.69. The molecular formula is C22H31N5O3. The van der Waals surface area contributed by atoms with Crippen molar-refractivity contribution in [3.8, 4) is 0 Å². The third kappa shape index (κ3) is 4.64. The fourth-order valence-corrected chi connectivity index (χ4v) is 3.39. The Bertz CT molecular complexity index is 1080. The molecule has 0 bridgehead atoms. The Morgan fingerprint density at radius 2 is 1.87 bits per heavy atom. The Labute approximate surface area is 176 Å². The van der Waals surface area contributed by atoms with Crippen LogP contribution in [0.4, 0.5) is 10.6 Å². The van der Waals surface area contributed by atoms with E-state index < -0.39 is 17.3 Å². The van der Waals surface area contributed by atoms with Crippen LogP contribution in [0.2, 0.25) is 0 Å². The summed E-state index contributed by atoms with van der Waals surface area (Å²) in [5.41, 5.74) is 6.75. The second-order valence-electron chi connectivity index (χ2n) is 9.13. The van der Waals surface area contributed by atoms with Crippen LogP contribution in [0.25, 0.3) is 21.9 Å². The summed E-state index contributed by atoms with van der Waals surface area (Å²) >= 11 is 0. The molecule has 8 nitrogen and oxygen atoms in total. The number of rotatable bonds is 5. The average molecular weight is 414 g/mol. The molecule has 8 heteroatoms. The molecule has 0 radical (unpaired) electrons. The third-order valence-electron chi connectivity index (χ3n) is 4.60. The lowest BCUT2D eigenvalue weighted by atomic mass is 10.1. The highest BCUT2D eigenvalue weighted by Crippen LogP contribution is 2.30. The van der Waals surface area contributed by atoms with Gasteiger partial charge in [0.25, 0.3) is 0 Å². The standard InChI is InChI=1S/C22H31N5O3/c1-7-26(20(28)30-21(2,3)4)12-16-25-17-18(27(16)13-22(5,6)29)14-10-8-9-11-15(14)24-19(17)23/h8-11,29H,7,12-13H2,1-6H3,(H2,23,24). The molecule has 1 amide bonds. The van der Waals surface area contributed by atoms with Crippen LogP contribution in [0.1, 0.15) is 47.4 Å². The molecule has 2 aromatic heterocycles. The SMILES string of the molecule is CCN(Cc1nc2c(N)nc3ccccc3c2n1CC(C)(C)O)C(=O)OC(C)(C)C. The second-order valence-corrected chi connectivity index (χ2v) is 9.13. The van der Waals surface area contributed by atoms with Gasteiger partial charge in [0.1, 0.15) is 16.9 Å². The molecule has 0 spiro atoms. The van der Waals surface area contributed by atoms with Gasteiger partial charge in [-0.1, -0.05) is 18.2 Å². The van der Waals surface area contributed by atoms with E-state index in [4.69, 9.17) is 15.5 Å². The second kappa shape index (κ2) is 7.75. The first-order valence-corrected chi connectivity index (χ1v) is 10.1. The van der Waals surface area contributed by atoms with Gasteiger partial charge in [0, 0.05) is 11.9 Å². The minimum atomic E-state index is -0.996. The van der Waals surface area contributed by atoms with Gasteiger partial charge < -0.3 is 25.0 Å². The zero-order valence-electron chi connectivity index (χ0n) is 18.6. The number of amides is 1. The van der Waals surface area contributed by atoms with Crippen molar-refractivity contribution in [2.24, 2.45) is 0 Å². The Morgan fingerprint density at radius 1 is 1.20 bits per heavy atom. The van der Waals surface area contributed by atoms with Crippen molar-refractivity contribution >= 4 is 33.8 Å². The molecule has 0 fully saturated rings. The molecular weight excluding hydrogens is 382 g/mol. The number of ether oxygens (including phenoxy) is 1. The molecule has 0 atom stereocenters. The zero-order valence-corrected chi connectivity index (χ0v) is 18.6. The molecule has 0 aliphatic heterocycles. The maximum atomic E-state index is 12.7. The lowest BCUT2D eigenvalue weighted by Gasteiger charge is -2.27. The number of benzene rings is 1. The van der Waals surface area contributed by atoms with Crippen molar-refractivity contribution in [1.29, 1.82) is 0 Å². The maximum absolute atomic E-state index is 12.7. The number of imidazole rings is 1. The predicted octanol–water partition coefficient (Wildman–Crippen LogP) is 3.69. The van der Waals surface area contributed by atoms with Gasteiger partial charge in [-0.2, -0.15) is 0 Å². The molecule has 3 N–H and O–H groups in total. The van der Waals surface area contributed by atoms with Crippen LogP contribution in [0.15, 0.2) is 24.3 Å². The average Bonchev–Trinajstić information content (AvgIpc) is 2.95. The van der Waals surface area contributed by atoms with E-state index in [-0.39, 0.29) is 13.1 Å². The number of pyridine rings is 1. The van der Waals surface area contributed by atoms with Crippen molar-refractivity contribution in [2.75, 3.05) is 12.3 Å². The highest BCUT2D eigenvalue weighted by molar-refractivity contribution is 6.06. The van der Waals surface area contributed by atoms with Crippen molar-refractivity contribution in [3.05, 3.63) is 30.1 Å². The fraction of sp³-hybridized carbons (Fsp3) is 0.500. The number of para-hydroxylation sites is 1. The number of fused-ring (bicyclic) bond motifs is 3. The van der Waals surface area contributed by atoms with E-state index in [1.54, 1.807) is 18.7 Å². The van der Waals surface area contributed by atoms with E-state index >= 15 is 0 Å². The number of hydrogen-bond donors (Lipinski definition) is 2. The summed E-state index contributed by atoms with van der Waals surface area (Å²) in [5, 5.41) is 11.5. The number of aliphatic hydroxyl groups is 1. The van der Waals surface area contributed by atoms with Crippen molar-refractivity contribution in [1.82, 2.24) is 19.4 Å². The zero-order chi connectivity index (χ0) is 22.3. The molecule has 3 rings (SSSR count). The fourth-order valence-electron chi connectivity index (χ4n) is 3.39. The number of nitrogens with zero attached hydrogens (tertiary/aromatic N) is 4. The summed E-state index contributed by atoms with van der Waals surface area (Å²) in [5.74, 6) is 0.935. The van der Waals surface area contributed by atoms with Crippen molar-refractivity contribution in [3.63, 3.8) is 0 Å². The number of aromatic nitrogens is 3. The Hall–Kier alpha value is -2.87. The van der Waals surface area contributed by atoms with Gasteiger partial charge in [0.05, 0.1) is 29.7 Å². The molecule has 0 unspecified atom stereocenters. The minimum Gasteiger partial charge on any atom is -0.444 e. The monoisotopic (exact) mass is 413 g/mol. The smallest absolute Gasteiger partial charge is 0.410 e. The summed E-state index contributed by atoms with van der Waals surface area (Å²) in [6.45, 7) is 11.8.